The first-order valence-electron chi connectivity index (χ1n) is 10.0. The minimum absolute atomic E-state index is 0. The van der Waals surface area contributed by atoms with Gasteiger partial charge in [-0.1, -0.05) is 18.2 Å². The molecule has 3 rings (SSSR count). The van der Waals surface area contributed by atoms with Crippen LogP contribution in [0.5, 0.6) is 0 Å². The van der Waals surface area contributed by atoms with Crippen LogP contribution >= 0.6 is 12.4 Å². The van der Waals surface area contributed by atoms with E-state index in [4.69, 9.17) is 0 Å². The number of urea groups is 1. The van der Waals surface area contributed by atoms with Crippen LogP contribution in [0.2, 0.25) is 0 Å². The van der Waals surface area contributed by atoms with E-state index in [1.165, 1.54) is 0 Å². The lowest BCUT2D eigenvalue weighted by molar-refractivity contribution is -0.126. The number of hydrogen-bond donors (Lipinski definition) is 3. The van der Waals surface area contributed by atoms with E-state index in [1.54, 1.807) is 4.90 Å². The lowest BCUT2D eigenvalue weighted by atomic mass is 9.97. The predicted molar refractivity (Wildman–Crippen MR) is 114 cm³/mol. The fraction of sp³-hybridized carbons (Fsp3) is 0.600. The quantitative estimate of drug-likeness (QED) is 0.626. The Morgan fingerprint density at radius 1 is 1.11 bits per heavy atom. The Morgan fingerprint density at radius 2 is 1.86 bits per heavy atom. The molecule has 2 aliphatic rings. The Kier molecular flexibility index (Phi) is 9.54. The maximum atomic E-state index is 12.5. The van der Waals surface area contributed by atoms with Gasteiger partial charge in [-0.05, 0) is 37.9 Å². The van der Waals surface area contributed by atoms with E-state index < -0.39 is 0 Å². The summed E-state index contributed by atoms with van der Waals surface area (Å²) in [4.78, 5) is 29.1. The molecule has 2 saturated heterocycles. The monoisotopic (exact) mass is 409 g/mol. The highest BCUT2D eigenvalue weighted by Gasteiger charge is 2.28. The molecular weight excluding hydrogens is 378 g/mol. The van der Waals surface area contributed by atoms with Gasteiger partial charge in [-0.3, -0.25) is 4.79 Å². The molecule has 0 aliphatic carbocycles. The largest absolute Gasteiger partial charge is 0.356 e. The van der Waals surface area contributed by atoms with Crippen LogP contribution in [0.15, 0.2) is 30.3 Å². The lowest BCUT2D eigenvalue weighted by Gasteiger charge is -2.32. The summed E-state index contributed by atoms with van der Waals surface area (Å²) in [6.07, 6.45) is 2.68. The van der Waals surface area contributed by atoms with E-state index in [-0.39, 0.29) is 30.3 Å². The first-order chi connectivity index (χ1) is 13.2. The van der Waals surface area contributed by atoms with Gasteiger partial charge in [0.25, 0.3) is 0 Å². The van der Waals surface area contributed by atoms with Crippen LogP contribution in [-0.2, 0) is 4.79 Å². The van der Waals surface area contributed by atoms with Crippen molar-refractivity contribution >= 4 is 30.0 Å². The highest BCUT2D eigenvalue weighted by molar-refractivity contribution is 5.90. The summed E-state index contributed by atoms with van der Waals surface area (Å²) >= 11 is 0. The second kappa shape index (κ2) is 11.9. The molecule has 7 nitrogen and oxygen atoms in total. The molecule has 0 saturated carbocycles. The van der Waals surface area contributed by atoms with Crippen molar-refractivity contribution in [1.82, 2.24) is 20.4 Å². The highest BCUT2D eigenvalue weighted by atomic mass is 35.5. The van der Waals surface area contributed by atoms with E-state index >= 15 is 0 Å². The summed E-state index contributed by atoms with van der Waals surface area (Å²) < 4.78 is 0. The fourth-order valence-electron chi connectivity index (χ4n) is 3.69. The Hall–Kier alpha value is -1.83. The van der Waals surface area contributed by atoms with Gasteiger partial charge in [0.05, 0.1) is 5.92 Å². The number of likely N-dealkylation sites (tertiary alicyclic amines) is 1. The van der Waals surface area contributed by atoms with E-state index in [0.29, 0.717) is 19.6 Å². The van der Waals surface area contributed by atoms with Gasteiger partial charge in [-0.2, -0.15) is 0 Å². The maximum Gasteiger partial charge on any atom is 0.321 e. The number of nitrogens with zero attached hydrogens (tertiary/aromatic N) is 2. The Balaban J connectivity index is 0.00000280. The molecule has 0 bridgehead atoms. The van der Waals surface area contributed by atoms with Crippen molar-refractivity contribution in [2.75, 3.05) is 57.7 Å². The Labute approximate surface area is 173 Å². The zero-order valence-electron chi connectivity index (χ0n) is 16.4. The summed E-state index contributed by atoms with van der Waals surface area (Å²) in [7, 11) is 0. The molecule has 0 aromatic heterocycles. The van der Waals surface area contributed by atoms with Crippen molar-refractivity contribution in [2.24, 2.45) is 5.92 Å². The topological polar surface area (TPSA) is 76.7 Å². The van der Waals surface area contributed by atoms with Crippen molar-refractivity contribution in [3.05, 3.63) is 30.3 Å². The average molecular weight is 410 g/mol. The number of benzene rings is 1. The van der Waals surface area contributed by atoms with Gasteiger partial charge in [0, 0.05) is 51.5 Å². The Morgan fingerprint density at radius 3 is 2.61 bits per heavy atom. The third-order valence-corrected chi connectivity index (χ3v) is 5.26. The molecular formula is C20H32ClN5O2. The SMILES string of the molecule is Cl.O=C(NCCCN1CCNCC1)C1CCCN(C(=O)Nc2ccccc2)C1. The van der Waals surface area contributed by atoms with E-state index in [1.807, 2.05) is 30.3 Å². The van der Waals surface area contributed by atoms with Gasteiger partial charge in [-0.15, -0.1) is 12.4 Å². The standard InChI is InChI=1S/C20H31N5O2.ClH/c26-19(22-9-5-12-24-14-10-21-11-15-24)17-6-4-13-25(16-17)20(27)23-18-7-2-1-3-8-18;/h1-3,7-8,17,21H,4-6,9-16H2,(H,22,26)(H,23,27);1H. The van der Waals surface area contributed by atoms with Gasteiger partial charge in [-0.25, -0.2) is 4.79 Å². The molecule has 1 unspecified atom stereocenters. The molecule has 1 aromatic rings. The van der Waals surface area contributed by atoms with Gasteiger partial charge >= 0.3 is 6.03 Å². The van der Waals surface area contributed by atoms with Gasteiger partial charge in [0.2, 0.25) is 5.91 Å². The van der Waals surface area contributed by atoms with Crippen LogP contribution in [0, 0.1) is 5.92 Å². The lowest BCUT2D eigenvalue weighted by Crippen LogP contribution is -2.47. The minimum Gasteiger partial charge on any atom is -0.356 e. The van der Waals surface area contributed by atoms with Crippen LogP contribution in [0.4, 0.5) is 10.5 Å². The number of carbonyl (C=O) groups excluding carboxylic acids is 2. The number of anilines is 1. The average Bonchev–Trinajstić information content (AvgIpc) is 2.72. The maximum absolute atomic E-state index is 12.5. The normalized spacial score (nSPS) is 20.1. The third-order valence-electron chi connectivity index (χ3n) is 5.26. The van der Waals surface area contributed by atoms with Crippen LogP contribution in [0.25, 0.3) is 0 Å². The van der Waals surface area contributed by atoms with E-state index in [2.05, 4.69) is 20.9 Å². The van der Waals surface area contributed by atoms with Gasteiger partial charge in [0.15, 0.2) is 0 Å². The summed E-state index contributed by atoms with van der Waals surface area (Å²) in [5.74, 6) is -0.0352. The number of amides is 3. The second-order valence-electron chi connectivity index (χ2n) is 7.32. The molecule has 2 heterocycles. The molecule has 2 fully saturated rings. The molecule has 28 heavy (non-hydrogen) atoms. The number of piperazine rings is 1. The van der Waals surface area contributed by atoms with E-state index in [0.717, 1.165) is 57.7 Å². The minimum atomic E-state index is -0.127. The second-order valence-corrected chi connectivity index (χ2v) is 7.32. The molecule has 3 N–H and O–H groups in total. The number of piperidine rings is 1. The molecule has 2 aliphatic heterocycles. The van der Waals surface area contributed by atoms with Gasteiger partial charge in [0.1, 0.15) is 0 Å². The zero-order chi connectivity index (χ0) is 18.9. The van der Waals surface area contributed by atoms with Crippen LogP contribution in [0.1, 0.15) is 19.3 Å². The molecule has 1 aromatic carbocycles. The highest BCUT2D eigenvalue weighted by Crippen LogP contribution is 2.18. The van der Waals surface area contributed by atoms with E-state index in [9.17, 15) is 9.59 Å². The van der Waals surface area contributed by atoms with Crippen molar-refractivity contribution < 1.29 is 9.59 Å². The third kappa shape index (κ3) is 6.96. The summed E-state index contributed by atoms with van der Waals surface area (Å²) in [6, 6.07) is 9.30. The predicted octanol–water partition coefficient (Wildman–Crippen LogP) is 1.76. The Bertz CT molecular complexity index is 610. The number of rotatable bonds is 6. The number of halogens is 1. The number of hydrogen-bond acceptors (Lipinski definition) is 4. The molecule has 3 amide bonds. The van der Waals surface area contributed by atoms with Crippen LogP contribution in [0.3, 0.4) is 0 Å². The van der Waals surface area contributed by atoms with Crippen molar-refractivity contribution in [1.29, 1.82) is 0 Å². The molecule has 1 atom stereocenters. The molecule has 156 valence electrons. The number of nitrogens with one attached hydrogen (secondary N) is 3. The van der Waals surface area contributed by atoms with Crippen LogP contribution in [-0.4, -0.2) is 74.1 Å². The summed E-state index contributed by atoms with van der Waals surface area (Å²) in [6.45, 7) is 7.19. The summed E-state index contributed by atoms with van der Waals surface area (Å²) in [5.41, 5.74) is 0.780. The smallest absolute Gasteiger partial charge is 0.321 e. The zero-order valence-corrected chi connectivity index (χ0v) is 17.2. The fourth-order valence-corrected chi connectivity index (χ4v) is 3.69. The molecule has 0 spiro atoms. The molecule has 8 heteroatoms. The number of carbonyl (C=O) groups is 2. The number of para-hydroxylation sites is 1. The van der Waals surface area contributed by atoms with Crippen molar-refractivity contribution in [3.8, 4) is 0 Å². The van der Waals surface area contributed by atoms with Crippen molar-refractivity contribution in [3.63, 3.8) is 0 Å². The molecule has 0 radical (unpaired) electrons. The first-order valence-corrected chi connectivity index (χ1v) is 10.0. The van der Waals surface area contributed by atoms with Crippen LogP contribution < -0.4 is 16.0 Å². The summed E-state index contributed by atoms with van der Waals surface area (Å²) in [5, 5.41) is 9.31. The van der Waals surface area contributed by atoms with Gasteiger partial charge < -0.3 is 25.8 Å². The van der Waals surface area contributed by atoms with Crippen molar-refractivity contribution in [2.45, 2.75) is 19.3 Å². The first kappa shape index (κ1) is 22.5.